The zero-order valence-corrected chi connectivity index (χ0v) is 4.66. The molecular weight excluding hydrogens is 108 g/mol. The van der Waals surface area contributed by atoms with Gasteiger partial charge in [0.05, 0.1) is 12.5 Å². The highest BCUT2D eigenvalue weighted by Gasteiger charge is 1.99. The number of hydrogen-bond donors (Lipinski definition) is 2. The molecule has 3 heteroatoms. The van der Waals surface area contributed by atoms with E-state index in [0.717, 1.165) is 6.42 Å². The predicted octanol–water partition coefficient (Wildman–Crippen LogP) is 0.0462. The lowest BCUT2D eigenvalue weighted by molar-refractivity contribution is -0.133. The molecule has 0 aromatic carbocycles. The third-order valence-electron chi connectivity index (χ3n) is 0.634. The van der Waals surface area contributed by atoms with Gasteiger partial charge in [0.15, 0.2) is 0 Å². The molecule has 0 aromatic rings. The van der Waals surface area contributed by atoms with Crippen molar-refractivity contribution >= 4 is 5.97 Å². The SMILES string of the molecule is CC(O)C[CH]C(=O)O. The second-order valence-electron chi connectivity index (χ2n) is 1.63. The van der Waals surface area contributed by atoms with Crippen LogP contribution in [0.5, 0.6) is 0 Å². The Kier molecular flexibility index (Phi) is 3.19. The average molecular weight is 117 g/mol. The van der Waals surface area contributed by atoms with Crippen molar-refractivity contribution in [2.45, 2.75) is 19.4 Å². The Labute approximate surface area is 47.9 Å². The number of carbonyl (C=O) groups is 1. The maximum Gasteiger partial charge on any atom is 0.307 e. The lowest BCUT2D eigenvalue weighted by Crippen LogP contribution is -2.04. The molecule has 0 fully saturated rings. The first-order valence-electron chi connectivity index (χ1n) is 2.37. The summed E-state index contributed by atoms with van der Waals surface area (Å²) in [5.41, 5.74) is 0. The van der Waals surface area contributed by atoms with Gasteiger partial charge in [0.25, 0.3) is 0 Å². The third-order valence-corrected chi connectivity index (χ3v) is 0.634. The fraction of sp³-hybridized carbons (Fsp3) is 0.600. The van der Waals surface area contributed by atoms with E-state index >= 15 is 0 Å². The molecule has 0 aliphatic carbocycles. The number of hydrogen-bond acceptors (Lipinski definition) is 2. The highest BCUT2D eigenvalue weighted by atomic mass is 16.4. The molecule has 2 N–H and O–H groups in total. The predicted molar refractivity (Wildman–Crippen MR) is 28.2 cm³/mol. The molecule has 47 valence electrons. The van der Waals surface area contributed by atoms with Gasteiger partial charge in [-0.2, -0.15) is 0 Å². The van der Waals surface area contributed by atoms with Crippen LogP contribution < -0.4 is 0 Å². The number of aliphatic carboxylic acids is 1. The highest BCUT2D eigenvalue weighted by Crippen LogP contribution is 1.92. The van der Waals surface area contributed by atoms with E-state index in [2.05, 4.69) is 0 Å². The summed E-state index contributed by atoms with van der Waals surface area (Å²) in [6.45, 7) is 1.54. The van der Waals surface area contributed by atoms with E-state index in [9.17, 15) is 4.79 Å². The Balaban J connectivity index is 3.05. The van der Waals surface area contributed by atoms with Gasteiger partial charge in [0.2, 0.25) is 0 Å². The van der Waals surface area contributed by atoms with Crippen LogP contribution in [0.3, 0.4) is 0 Å². The minimum absolute atomic E-state index is 0.218. The van der Waals surface area contributed by atoms with E-state index < -0.39 is 12.1 Å². The average Bonchev–Trinajstić information content (AvgIpc) is 1.61. The van der Waals surface area contributed by atoms with Crippen molar-refractivity contribution in [1.82, 2.24) is 0 Å². The van der Waals surface area contributed by atoms with Gasteiger partial charge < -0.3 is 10.2 Å². The number of rotatable bonds is 3. The summed E-state index contributed by atoms with van der Waals surface area (Å²) in [5.74, 6) is -0.981. The number of carboxylic acids is 1. The monoisotopic (exact) mass is 117 g/mol. The molecule has 0 rings (SSSR count). The quantitative estimate of drug-likeness (QED) is 0.549. The lowest BCUT2D eigenvalue weighted by atomic mass is 10.2. The third kappa shape index (κ3) is 5.43. The Morgan fingerprint density at radius 3 is 2.50 bits per heavy atom. The van der Waals surface area contributed by atoms with Crippen molar-refractivity contribution in [2.24, 2.45) is 0 Å². The van der Waals surface area contributed by atoms with Crippen LogP contribution in [0, 0.1) is 6.42 Å². The highest BCUT2D eigenvalue weighted by molar-refractivity contribution is 5.76. The van der Waals surface area contributed by atoms with Gasteiger partial charge in [-0.05, 0) is 13.3 Å². The first kappa shape index (κ1) is 7.43. The zero-order valence-electron chi connectivity index (χ0n) is 4.66. The van der Waals surface area contributed by atoms with E-state index in [4.69, 9.17) is 10.2 Å². The zero-order chi connectivity index (χ0) is 6.57. The minimum atomic E-state index is -0.981. The van der Waals surface area contributed by atoms with Crippen molar-refractivity contribution in [3.63, 3.8) is 0 Å². The van der Waals surface area contributed by atoms with E-state index in [-0.39, 0.29) is 6.42 Å². The number of aliphatic hydroxyl groups is 1. The lowest BCUT2D eigenvalue weighted by Gasteiger charge is -1.96. The first-order chi connectivity index (χ1) is 3.63. The molecule has 0 amide bonds. The summed E-state index contributed by atoms with van der Waals surface area (Å²) in [6, 6.07) is 0. The molecule has 1 radical (unpaired) electrons. The maximum absolute atomic E-state index is 9.74. The van der Waals surface area contributed by atoms with Crippen molar-refractivity contribution in [1.29, 1.82) is 0 Å². The van der Waals surface area contributed by atoms with Crippen LogP contribution in [0.2, 0.25) is 0 Å². The number of carboxylic acid groups (broad SMARTS) is 1. The summed E-state index contributed by atoms with van der Waals surface area (Å²) in [5, 5.41) is 16.5. The smallest absolute Gasteiger partial charge is 0.307 e. The minimum Gasteiger partial charge on any atom is -0.481 e. The number of aliphatic hydroxyl groups excluding tert-OH is 1. The molecule has 0 heterocycles. The molecule has 8 heavy (non-hydrogen) atoms. The van der Waals surface area contributed by atoms with Gasteiger partial charge in [0.1, 0.15) is 0 Å². The Morgan fingerprint density at radius 2 is 2.38 bits per heavy atom. The van der Waals surface area contributed by atoms with E-state index in [0.29, 0.717) is 0 Å². The molecular formula is C5H9O3. The van der Waals surface area contributed by atoms with Crippen LogP contribution in [-0.4, -0.2) is 22.3 Å². The fourth-order valence-electron chi connectivity index (χ4n) is 0.271. The summed E-state index contributed by atoms with van der Waals surface area (Å²) < 4.78 is 0. The van der Waals surface area contributed by atoms with Crippen LogP contribution in [0.1, 0.15) is 13.3 Å². The van der Waals surface area contributed by atoms with Gasteiger partial charge >= 0.3 is 5.97 Å². The van der Waals surface area contributed by atoms with Crippen LogP contribution >= 0.6 is 0 Å². The van der Waals surface area contributed by atoms with E-state index in [1.165, 1.54) is 0 Å². The van der Waals surface area contributed by atoms with Crippen molar-refractivity contribution in [3.8, 4) is 0 Å². The van der Waals surface area contributed by atoms with Gasteiger partial charge in [-0.3, -0.25) is 4.79 Å². The van der Waals surface area contributed by atoms with Crippen molar-refractivity contribution in [2.75, 3.05) is 0 Å². The second-order valence-corrected chi connectivity index (χ2v) is 1.63. The molecule has 0 bridgehead atoms. The van der Waals surface area contributed by atoms with Gasteiger partial charge in [-0.25, -0.2) is 0 Å². The van der Waals surface area contributed by atoms with Gasteiger partial charge in [0, 0.05) is 0 Å². The Hall–Kier alpha value is -0.570. The standard InChI is InChI=1S/C5H9O3/c1-4(6)2-3-5(7)8/h3-4,6H,2H2,1H3,(H,7,8). The topological polar surface area (TPSA) is 57.5 Å². The second kappa shape index (κ2) is 3.43. The van der Waals surface area contributed by atoms with Crippen molar-refractivity contribution < 1.29 is 15.0 Å². The molecule has 0 aromatic heterocycles. The molecule has 0 saturated carbocycles. The van der Waals surface area contributed by atoms with E-state index in [1.807, 2.05) is 0 Å². The molecule has 1 unspecified atom stereocenters. The molecule has 0 aliphatic rings. The van der Waals surface area contributed by atoms with Crippen LogP contribution in [-0.2, 0) is 4.79 Å². The summed E-state index contributed by atoms with van der Waals surface area (Å²) in [7, 11) is 0. The Bertz CT molecular complexity index is 77.7. The molecule has 0 aliphatic heterocycles. The van der Waals surface area contributed by atoms with Crippen LogP contribution in [0.4, 0.5) is 0 Å². The molecule has 0 spiro atoms. The van der Waals surface area contributed by atoms with Crippen LogP contribution in [0.25, 0.3) is 0 Å². The molecule has 0 saturated heterocycles. The van der Waals surface area contributed by atoms with Gasteiger partial charge in [-0.1, -0.05) is 0 Å². The van der Waals surface area contributed by atoms with Crippen LogP contribution in [0.15, 0.2) is 0 Å². The normalized spacial score (nSPS) is 13.2. The van der Waals surface area contributed by atoms with E-state index in [1.54, 1.807) is 6.92 Å². The maximum atomic E-state index is 9.74. The Morgan fingerprint density at radius 1 is 1.88 bits per heavy atom. The molecule has 3 nitrogen and oxygen atoms in total. The summed E-state index contributed by atoms with van der Waals surface area (Å²) >= 11 is 0. The van der Waals surface area contributed by atoms with Crippen molar-refractivity contribution in [3.05, 3.63) is 6.42 Å². The fourth-order valence-corrected chi connectivity index (χ4v) is 0.271. The van der Waals surface area contributed by atoms with Gasteiger partial charge in [-0.15, -0.1) is 0 Å². The molecule has 1 atom stereocenters. The largest absolute Gasteiger partial charge is 0.481 e. The summed E-state index contributed by atoms with van der Waals surface area (Å²) in [6.07, 6.45) is 0.700. The first-order valence-corrected chi connectivity index (χ1v) is 2.37. The summed E-state index contributed by atoms with van der Waals surface area (Å²) in [4.78, 5) is 9.74.